The third-order valence-electron chi connectivity index (χ3n) is 2.96. The molecule has 0 spiro atoms. The summed E-state index contributed by atoms with van der Waals surface area (Å²) in [4.78, 5) is 4.14. The molecule has 0 atom stereocenters. The summed E-state index contributed by atoms with van der Waals surface area (Å²) in [7, 11) is 0. The molecule has 0 saturated heterocycles. The predicted molar refractivity (Wildman–Crippen MR) is 83.1 cm³/mol. The van der Waals surface area contributed by atoms with Crippen molar-refractivity contribution < 1.29 is 0 Å². The van der Waals surface area contributed by atoms with Gasteiger partial charge in [0.1, 0.15) is 5.69 Å². The molecule has 0 amide bonds. The Balaban J connectivity index is 1.91. The van der Waals surface area contributed by atoms with Crippen LogP contribution in [-0.2, 0) is 6.54 Å². The monoisotopic (exact) mass is 328 g/mol. The minimum atomic E-state index is 0.654. The quantitative estimate of drug-likeness (QED) is 0.802. The molecule has 0 fully saturated rings. The largest absolute Gasteiger partial charge is 0.396 e. The van der Waals surface area contributed by atoms with E-state index in [4.69, 9.17) is 5.73 Å². The van der Waals surface area contributed by atoms with Gasteiger partial charge in [-0.2, -0.15) is 5.10 Å². The van der Waals surface area contributed by atoms with Crippen LogP contribution in [0.15, 0.2) is 59.5 Å². The average Bonchev–Trinajstić information content (AvgIpc) is 2.81. The lowest BCUT2D eigenvalue weighted by atomic mass is 10.2. The molecule has 2 heterocycles. The maximum absolute atomic E-state index is 6.05. The Morgan fingerprint density at radius 2 is 1.95 bits per heavy atom. The van der Waals surface area contributed by atoms with Crippen molar-refractivity contribution in [1.82, 2.24) is 14.8 Å². The second kappa shape index (κ2) is 5.46. The fourth-order valence-electron chi connectivity index (χ4n) is 2.05. The number of hydrogen-bond donors (Lipinski definition) is 1. The number of nitrogens with two attached hydrogens (primary N) is 1. The molecule has 2 aromatic heterocycles. The Kier molecular flexibility index (Phi) is 3.52. The van der Waals surface area contributed by atoms with Gasteiger partial charge in [0, 0.05) is 28.6 Å². The van der Waals surface area contributed by atoms with E-state index >= 15 is 0 Å². The standard InChI is InChI=1S/C15H13BrN4/c16-13-6-12(7-18-8-13)15-14(17)10-20(19-15)9-11-4-2-1-3-5-11/h1-8,10H,9,17H2. The van der Waals surface area contributed by atoms with E-state index in [1.165, 1.54) is 5.56 Å². The first kappa shape index (κ1) is 12.9. The first-order chi connectivity index (χ1) is 9.72. The highest BCUT2D eigenvalue weighted by molar-refractivity contribution is 9.10. The average molecular weight is 329 g/mol. The third-order valence-corrected chi connectivity index (χ3v) is 3.39. The zero-order chi connectivity index (χ0) is 13.9. The fraction of sp³-hybridized carbons (Fsp3) is 0.0667. The van der Waals surface area contributed by atoms with Crippen LogP contribution in [-0.4, -0.2) is 14.8 Å². The number of nitrogen functional groups attached to an aromatic ring is 1. The van der Waals surface area contributed by atoms with Crippen molar-refractivity contribution in [2.24, 2.45) is 0 Å². The van der Waals surface area contributed by atoms with E-state index in [1.54, 1.807) is 12.4 Å². The molecule has 0 bridgehead atoms. The smallest absolute Gasteiger partial charge is 0.117 e. The zero-order valence-corrected chi connectivity index (χ0v) is 12.3. The first-order valence-corrected chi connectivity index (χ1v) is 6.99. The minimum absolute atomic E-state index is 0.654. The third kappa shape index (κ3) is 2.72. The lowest BCUT2D eigenvalue weighted by Gasteiger charge is -2.01. The summed E-state index contributed by atoms with van der Waals surface area (Å²) < 4.78 is 2.76. The number of aromatic nitrogens is 3. The summed E-state index contributed by atoms with van der Waals surface area (Å²) >= 11 is 3.41. The molecule has 0 aliphatic rings. The number of halogens is 1. The normalized spacial score (nSPS) is 10.7. The van der Waals surface area contributed by atoms with Crippen LogP contribution in [0.2, 0.25) is 0 Å². The van der Waals surface area contributed by atoms with Gasteiger partial charge in [0.2, 0.25) is 0 Å². The second-order valence-corrected chi connectivity index (χ2v) is 5.42. The highest BCUT2D eigenvalue weighted by atomic mass is 79.9. The molecule has 0 radical (unpaired) electrons. The van der Waals surface area contributed by atoms with Crippen LogP contribution >= 0.6 is 15.9 Å². The van der Waals surface area contributed by atoms with Crippen LogP contribution in [0.25, 0.3) is 11.3 Å². The van der Waals surface area contributed by atoms with Crippen molar-refractivity contribution in [3.63, 3.8) is 0 Å². The van der Waals surface area contributed by atoms with E-state index in [2.05, 4.69) is 38.1 Å². The second-order valence-electron chi connectivity index (χ2n) is 4.51. The Morgan fingerprint density at radius 3 is 2.70 bits per heavy atom. The summed E-state index contributed by atoms with van der Waals surface area (Å²) in [6.07, 6.45) is 5.35. The molecule has 100 valence electrons. The van der Waals surface area contributed by atoms with Gasteiger partial charge >= 0.3 is 0 Å². The molecular weight excluding hydrogens is 316 g/mol. The fourth-order valence-corrected chi connectivity index (χ4v) is 2.42. The highest BCUT2D eigenvalue weighted by Crippen LogP contribution is 2.25. The van der Waals surface area contributed by atoms with E-state index in [1.807, 2.05) is 35.1 Å². The van der Waals surface area contributed by atoms with Gasteiger partial charge in [0.15, 0.2) is 0 Å². The summed E-state index contributed by atoms with van der Waals surface area (Å²) in [6.45, 7) is 0.701. The van der Waals surface area contributed by atoms with Gasteiger partial charge < -0.3 is 5.73 Å². The summed E-state index contributed by atoms with van der Waals surface area (Å²) in [5, 5.41) is 4.55. The van der Waals surface area contributed by atoms with Gasteiger partial charge in [-0.25, -0.2) is 0 Å². The van der Waals surface area contributed by atoms with Gasteiger partial charge in [0.05, 0.1) is 12.2 Å². The molecule has 4 nitrogen and oxygen atoms in total. The molecule has 0 saturated carbocycles. The first-order valence-electron chi connectivity index (χ1n) is 6.20. The number of hydrogen-bond acceptors (Lipinski definition) is 3. The molecule has 1 aromatic carbocycles. The van der Waals surface area contributed by atoms with Crippen LogP contribution < -0.4 is 5.73 Å². The maximum Gasteiger partial charge on any atom is 0.117 e. The minimum Gasteiger partial charge on any atom is -0.396 e. The number of anilines is 1. The van der Waals surface area contributed by atoms with Crippen molar-refractivity contribution in [1.29, 1.82) is 0 Å². The van der Waals surface area contributed by atoms with Crippen molar-refractivity contribution in [3.8, 4) is 11.3 Å². The van der Waals surface area contributed by atoms with Gasteiger partial charge in [-0.15, -0.1) is 0 Å². The summed E-state index contributed by atoms with van der Waals surface area (Å²) in [5.74, 6) is 0. The topological polar surface area (TPSA) is 56.7 Å². The van der Waals surface area contributed by atoms with E-state index < -0.39 is 0 Å². The SMILES string of the molecule is Nc1cn(Cc2ccccc2)nc1-c1cncc(Br)c1. The number of nitrogens with zero attached hydrogens (tertiary/aromatic N) is 3. The molecular formula is C15H13BrN4. The van der Waals surface area contributed by atoms with Gasteiger partial charge in [-0.1, -0.05) is 30.3 Å². The molecule has 20 heavy (non-hydrogen) atoms. The van der Waals surface area contributed by atoms with Crippen LogP contribution in [0.3, 0.4) is 0 Å². The summed E-state index contributed by atoms with van der Waals surface area (Å²) in [6, 6.07) is 12.1. The van der Waals surface area contributed by atoms with Crippen LogP contribution in [0.1, 0.15) is 5.56 Å². The van der Waals surface area contributed by atoms with E-state index in [0.717, 1.165) is 15.7 Å². The number of benzene rings is 1. The van der Waals surface area contributed by atoms with Crippen molar-refractivity contribution in [2.45, 2.75) is 6.54 Å². The van der Waals surface area contributed by atoms with Crippen LogP contribution in [0.4, 0.5) is 5.69 Å². The Morgan fingerprint density at radius 1 is 1.15 bits per heavy atom. The van der Waals surface area contributed by atoms with Crippen LogP contribution in [0.5, 0.6) is 0 Å². The Bertz CT molecular complexity index is 722. The van der Waals surface area contributed by atoms with E-state index in [9.17, 15) is 0 Å². The van der Waals surface area contributed by atoms with Gasteiger partial charge in [-0.05, 0) is 27.6 Å². The van der Waals surface area contributed by atoms with E-state index in [-0.39, 0.29) is 0 Å². The lowest BCUT2D eigenvalue weighted by Crippen LogP contribution is -2.00. The van der Waals surface area contributed by atoms with Crippen molar-refractivity contribution in [3.05, 3.63) is 65.0 Å². The van der Waals surface area contributed by atoms with Crippen molar-refractivity contribution >= 4 is 21.6 Å². The molecule has 5 heteroatoms. The van der Waals surface area contributed by atoms with Gasteiger partial charge in [0.25, 0.3) is 0 Å². The molecule has 0 aliphatic heterocycles. The Labute approximate surface area is 125 Å². The highest BCUT2D eigenvalue weighted by Gasteiger charge is 2.09. The molecule has 3 rings (SSSR count). The lowest BCUT2D eigenvalue weighted by molar-refractivity contribution is 0.689. The van der Waals surface area contributed by atoms with Crippen LogP contribution in [0, 0.1) is 0 Å². The molecule has 2 N–H and O–H groups in total. The molecule has 3 aromatic rings. The molecule has 0 aliphatic carbocycles. The predicted octanol–water partition coefficient (Wildman–Crippen LogP) is 3.34. The van der Waals surface area contributed by atoms with Gasteiger partial charge in [-0.3, -0.25) is 9.67 Å². The maximum atomic E-state index is 6.05. The number of pyridine rings is 1. The molecule has 0 unspecified atom stereocenters. The Hall–Kier alpha value is -2.14. The zero-order valence-electron chi connectivity index (χ0n) is 10.7. The van der Waals surface area contributed by atoms with E-state index in [0.29, 0.717) is 12.2 Å². The number of rotatable bonds is 3. The van der Waals surface area contributed by atoms with Crippen molar-refractivity contribution in [2.75, 3.05) is 5.73 Å². The summed E-state index contributed by atoms with van der Waals surface area (Å²) in [5.41, 5.74) is 9.56.